The minimum Gasteiger partial charge on any atom is -0.490 e. The van der Waals surface area contributed by atoms with E-state index in [1.807, 2.05) is 6.07 Å². The summed E-state index contributed by atoms with van der Waals surface area (Å²) in [6.45, 7) is 4.25. The first-order chi connectivity index (χ1) is 16.4. The number of amides is 2. The van der Waals surface area contributed by atoms with Crippen LogP contribution in [0.2, 0.25) is 10.0 Å². The monoisotopic (exact) mass is 497 g/mol. The average molecular weight is 498 g/mol. The van der Waals surface area contributed by atoms with Gasteiger partial charge in [-0.05, 0) is 59.7 Å². The van der Waals surface area contributed by atoms with E-state index in [0.29, 0.717) is 46.0 Å². The zero-order valence-corrected chi connectivity index (χ0v) is 19.5. The Hall–Kier alpha value is -3.81. The standard InChI is InChI=1S/C25H21Cl2N3O4/c1-2-12-33-20-9-7-19(8-10-20)29-24(31)25(32)30-28-15-17-4-3-5-21(13-17)34-16-18-6-11-22(26)23(27)14-18/h2-11,13-15H,1,12,16H2,(H,29,31)(H,30,32)/b28-15-. The Morgan fingerprint density at radius 1 is 0.912 bits per heavy atom. The first-order valence-electron chi connectivity index (χ1n) is 10.1. The summed E-state index contributed by atoms with van der Waals surface area (Å²) >= 11 is 11.9. The lowest BCUT2D eigenvalue weighted by atomic mass is 10.2. The first-order valence-corrected chi connectivity index (χ1v) is 10.8. The molecule has 0 fully saturated rings. The van der Waals surface area contributed by atoms with Crippen LogP contribution in [-0.4, -0.2) is 24.6 Å². The smallest absolute Gasteiger partial charge is 0.329 e. The van der Waals surface area contributed by atoms with Crippen LogP contribution in [0.1, 0.15) is 11.1 Å². The van der Waals surface area contributed by atoms with Gasteiger partial charge in [-0.15, -0.1) is 0 Å². The van der Waals surface area contributed by atoms with Gasteiger partial charge in [0, 0.05) is 5.69 Å². The molecule has 0 saturated heterocycles. The zero-order chi connectivity index (χ0) is 24.3. The molecule has 0 spiro atoms. The van der Waals surface area contributed by atoms with Gasteiger partial charge in [0.05, 0.1) is 16.3 Å². The highest BCUT2D eigenvalue weighted by molar-refractivity contribution is 6.42. The van der Waals surface area contributed by atoms with E-state index in [4.69, 9.17) is 32.7 Å². The predicted octanol–water partition coefficient (Wildman–Crippen LogP) is 5.23. The zero-order valence-electron chi connectivity index (χ0n) is 18.0. The summed E-state index contributed by atoms with van der Waals surface area (Å²) in [5, 5.41) is 7.25. The van der Waals surface area contributed by atoms with E-state index < -0.39 is 11.8 Å². The molecule has 2 amide bonds. The minimum atomic E-state index is -0.907. The third-order valence-electron chi connectivity index (χ3n) is 4.31. The molecule has 9 heteroatoms. The van der Waals surface area contributed by atoms with E-state index in [9.17, 15) is 9.59 Å². The van der Waals surface area contributed by atoms with E-state index >= 15 is 0 Å². The lowest BCUT2D eigenvalue weighted by Crippen LogP contribution is -2.32. The summed E-state index contributed by atoms with van der Waals surface area (Å²) in [5.74, 6) is -0.541. The van der Waals surface area contributed by atoms with E-state index in [1.165, 1.54) is 6.21 Å². The van der Waals surface area contributed by atoms with Gasteiger partial charge in [0.2, 0.25) is 0 Å². The first kappa shape index (κ1) is 24.8. The Morgan fingerprint density at radius 2 is 1.71 bits per heavy atom. The van der Waals surface area contributed by atoms with E-state index in [1.54, 1.807) is 66.7 Å². The Kier molecular flexibility index (Phi) is 9.08. The molecule has 0 radical (unpaired) electrons. The van der Waals surface area contributed by atoms with Crippen LogP contribution in [0.25, 0.3) is 0 Å². The van der Waals surface area contributed by atoms with Gasteiger partial charge in [0.15, 0.2) is 0 Å². The van der Waals surface area contributed by atoms with Gasteiger partial charge in [-0.25, -0.2) is 5.43 Å². The second-order valence-electron chi connectivity index (χ2n) is 6.89. The van der Waals surface area contributed by atoms with Crippen LogP contribution in [0, 0.1) is 0 Å². The number of hydrogen-bond acceptors (Lipinski definition) is 5. The number of rotatable bonds is 9. The average Bonchev–Trinajstić information content (AvgIpc) is 2.84. The van der Waals surface area contributed by atoms with Gasteiger partial charge in [0.1, 0.15) is 24.7 Å². The number of ether oxygens (including phenoxy) is 2. The van der Waals surface area contributed by atoms with E-state index in [0.717, 1.165) is 5.56 Å². The maximum absolute atomic E-state index is 12.1. The molecule has 0 bridgehead atoms. The second-order valence-corrected chi connectivity index (χ2v) is 7.70. The molecule has 0 atom stereocenters. The molecule has 34 heavy (non-hydrogen) atoms. The van der Waals surface area contributed by atoms with Crippen LogP contribution in [0.3, 0.4) is 0 Å². The quantitative estimate of drug-likeness (QED) is 0.183. The lowest BCUT2D eigenvalue weighted by Gasteiger charge is -2.08. The molecule has 0 heterocycles. The molecule has 3 aromatic carbocycles. The molecular formula is C25H21Cl2N3O4. The van der Waals surface area contributed by atoms with Gasteiger partial charge in [-0.3, -0.25) is 9.59 Å². The molecule has 0 saturated carbocycles. The molecule has 174 valence electrons. The summed E-state index contributed by atoms with van der Waals surface area (Å²) in [5.41, 5.74) is 4.18. The van der Waals surface area contributed by atoms with E-state index in [-0.39, 0.29) is 0 Å². The lowest BCUT2D eigenvalue weighted by molar-refractivity contribution is -0.136. The Balaban J connectivity index is 1.49. The minimum absolute atomic E-state index is 0.301. The molecule has 2 N–H and O–H groups in total. The number of nitrogens with one attached hydrogen (secondary N) is 2. The molecule has 0 aliphatic rings. The number of anilines is 1. The molecule has 0 unspecified atom stereocenters. The van der Waals surface area contributed by atoms with Crippen molar-refractivity contribution >= 4 is 46.9 Å². The molecule has 0 aromatic heterocycles. The van der Waals surface area contributed by atoms with Crippen LogP contribution >= 0.6 is 23.2 Å². The highest BCUT2D eigenvalue weighted by Crippen LogP contribution is 2.23. The Bertz CT molecular complexity index is 1200. The Labute approximate surface area is 207 Å². The topological polar surface area (TPSA) is 89.0 Å². The van der Waals surface area contributed by atoms with Crippen LogP contribution in [0.4, 0.5) is 5.69 Å². The number of carbonyl (C=O) groups is 2. The highest BCUT2D eigenvalue weighted by atomic mass is 35.5. The van der Waals surface area contributed by atoms with Crippen molar-refractivity contribution in [1.29, 1.82) is 0 Å². The largest absolute Gasteiger partial charge is 0.490 e. The normalized spacial score (nSPS) is 10.5. The number of hydrazone groups is 1. The third-order valence-corrected chi connectivity index (χ3v) is 5.05. The van der Waals surface area contributed by atoms with Crippen LogP contribution < -0.4 is 20.2 Å². The van der Waals surface area contributed by atoms with Gasteiger partial charge >= 0.3 is 11.8 Å². The van der Waals surface area contributed by atoms with Gasteiger partial charge in [-0.2, -0.15) is 5.10 Å². The summed E-state index contributed by atoms with van der Waals surface area (Å²) in [6, 6.07) is 18.9. The number of benzene rings is 3. The molecule has 3 rings (SSSR count). The van der Waals surface area contributed by atoms with Crippen molar-refractivity contribution in [3.8, 4) is 11.5 Å². The van der Waals surface area contributed by atoms with Crippen molar-refractivity contribution in [2.45, 2.75) is 6.61 Å². The van der Waals surface area contributed by atoms with Gasteiger partial charge in [-0.1, -0.05) is 54.1 Å². The number of halogens is 2. The second kappa shape index (κ2) is 12.4. The summed E-state index contributed by atoms with van der Waals surface area (Å²) in [4.78, 5) is 24.1. The van der Waals surface area contributed by atoms with Crippen LogP contribution in [0.5, 0.6) is 11.5 Å². The summed E-state index contributed by atoms with van der Waals surface area (Å²) < 4.78 is 11.1. The molecular weight excluding hydrogens is 477 g/mol. The predicted molar refractivity (Wildman–Crippen MR) is 134 cm³/mol. The maximum Gasteiger partial charge on any atom is 0.329 e. The van der Waals surface area contributed by atoms with Crippen LogP contribution in [0.15, 0.2) is 84.5 Å². The van der Waals surface area contributed by atoms with Crippen molar-refractivity contribution in [3.05, 3.63) is 101 Å². The summed E-state index contributed by atoms with van der Waals surface area (Å²) in [6.07, 6.45) is 3.03. The Morgan fingerprint density at radius 3 is 2.44 bits per heavy atom. The SMILES string of the molecule is C=CCOc1ccc(NC(=O)C(=O)N/N=C\c2cccc(OCc3ccc(Cl)c(Cl)c3)c2)cc1. The van der Waals surface area contributed by atoms with Crippen molar-refractivity contribution in [2.75, 3.05) is 11.9 Å². The highest BCUT2D eigenvalue weighted by Gasteiger charge is 2.12. The third kappa shape index (κ3) is 7.65. The number of hydrogen-bond donors (Lipinski definition) is 2. The van der Waals surface area contributed by atoms with Gasteiger partial charge in [0.25, 0.3) is 0 Å². The number of carbonyl (C=O) groups excluding carboxylic acids is 2. The van der Waals surface area contributed by atoms with Crippen molar-refractivity contribution in [1.82, 2.24) is 5.43 Å². The fraction of sp³-hybridized carbons (Fsp3) is 0.0800. The maximum atomic E-state index is 12.1. The number of nitrogens with zero attached hydrogens (tertiary/aromatic N) is 1. The molecule has 0 aliphatic heterocycles. The molecule has 7 nitrogen and oxygen atoms in total. The summed E-state index contributed by atoms with van der Waals surface area (Å²) in [7, 11) is 0. The van der Waals surface area contributed by atoms with Gasteiger partial charge < -0.3 is 14.8 Å². The fourth-order valence-electron chi connectivity index (χ4n) is 2.67. The van der Waals surface area contributed by atoms with Crippen molar-refractivity contribution in [3.63, 3.8) is 0 Å². The van der Waals surface area contributed by atoms with Crippen LogP contribution in [-0.2, 0) is 16.2 Å². The van der Waals surface area contributed by atoms with Crippen molar-refractivity contribution < 1.29 is 19.1 Å². The fourth-order valence-corrected chi connectivity index (χ4v) is 3.00. The molecule has 3 aromatic rings. The van der Waals surface area contributed by atoms with E-state index in [2.05, 4.69) is 22.4 Å². The van der Waals surface area contributed by atoms with Crippen molar-refractivity contribution in [2.24, 2.45) is 5.10 Å². The molecule has 0 aliphatic carbocycles.